The van der Waals surface area contributed by atoms with E-state index in [4.69, 9.17) is 4.98 Å². The van der Waals surface area contributed by atoms with Gasteiger partial charge in [0.2, 0.25) is 0 Å². The first-order valence-corrected chi connectivity index (χ1v) is 12.9. The highest BCUT2D eigenvalue weighted by atomic mass is 32.2. The number of aromatic nitrogens is 2. The fraction of sp³-hybridized carbons (Fsp3) is 0. The number of para-hydroxylation sites is 4. The van der Waals surface area contributed by atoms with E-state index < -0.39 is 0 Å². The van der Waals surface area contributed by atoms with Crippen LogP contribution < -0.4 is 4.90 Å². The molecule has 2 heterocycles. The van der Waals surface area contributed by atoms with Gasteiger partial charge in [-0.2, -0.15) is 5.26 Å². The van der Waals surface area contributed by atoms with Crippen LogP contribution in [0.1, 0.15) is 5.56 Å². The van der Waals surface area contributed by atoms with Gasteiger partial charge in [0.05, 0.1) is 34.0 Å². The molecule has 37 heavy (non-hydrogen) atoms. The molecule has 0 amide bonds. The molecule has 6 aromatic rings. The molecule has 7 rings (SSSR count). The fourth-order valence-electron chi connectivity index (χ4n) is 4.92. The Kier molecular flexibility index (Phi) is 5.05. The van der Waals surface area contributed by atoms with Crippen LogP contribution in [0.5, 0.6) is 0 Å². The predicted octanol–water partition coefficient (Wildman–Crippen LogP) is 8.50. The number of nitriles is 1. The highest BCUT2D eigenvalue weighted by Gasteiger charge is 2.26. The van der Waals surface area contributed by atoms with Crippen LogP contribution in [0.3, 0.4) is 0 Å². The molecule has 0 saturated carbocycles. The predicted molar refractivity (Wildman–Crippen MR) is 150 cm³/mol. The van der Waals surface area contributed by atoms with Crippen molar-refractivity contribution in [1.82, 2.24) is 9.55 Å². The van der Waals surface area contributed by atoms with Crippen LogP contribution >= 0.6 is 11.8 Å². The van der Waals surface area contributed by atoms with Gasteiger partial charge in [0.25, 0.3) is 0 Å². The Bertz CT molecular complexity index is 1810. The standard InChI is InChI=1S/C32H20N4S/c33-21-22-14-17-25(18-15-22)36-27-11-5-4-10-26(27)34-32(36)23-16-19-29-31(20-23)37-30-13-7-6-12-28(30)35(29)24-8-2-1-3-9-24/h1-20H. The van der Waals surface area contributed by atoms with Gasteiger partial charge in [-0.05, 0) is 78.9 Å². The molecule has 0 N–H and O–H groups in total. The van der Waals surface area contributed by atoms with Crippen molar-refractivity contribution in [3.63, 3.8) is 0 Å². The summed E-state index contributed by atoms with van der Waals surface area (Å²) >= 11 is 1.79. The first-order valence-electron chi connectivity index (χ1n) is 12.0. The highest BCUT2D eigenvalue weighted by Crippen LogP contribution is 2.52. The second kappa shape index (κ2) is 8.70. The Morgan fingerprint density at radius 3 is 2.22 bits per heavy atom. The van der Waals surface area contributed by atoms with Crippen molar-refractivity contribution in [2.45, 2.75) is 9.79 Å². The number of imidazole rings is 1. The lowest BCUT2D eigenvalue weighted by Crippen LogP contribution is -2.14. The number of anilines is 3. The first-order chi connectivity index (χ1) is 18.3. The lowest BCUT2D eigenvalue weighted by Gasteiger charge is -2.33. The van der Waals surface area contributed by atoms with Gasteiger partial charge in [-0.3, -0.25) is 4.57 Å². The Balaban J connectivity index is 1.42. The molecule has 0 aliphatic carbocycles. The van der Waals surface area contributed by atoms with Gasteiger partial charge in [-0.15, -0.1) is 0 Å². The molecule has 0 atom stereocenters. The molecule has 0 saturated heterocycles. The van der Waals surface area contributed by atoms with Crippen LogP contribution in [0.4, 0.5) is 17.1 Å². The molecule has 5 aromatic carbocycles. The monoisotopic (exact) mass is 492 g/mol. The van der Waals surface area contributed by atoms with E-state index in [1.807, 2.05) is 48.5 Å². The van der Waals surface area contributed by atoms with Crippen molar-refractivity contribution in [2.24, 2.45) is 0 Å². The average molecular weight is 493 g/mol. The molecule has 0 fully saturated rings. The Morgan fingerprint density at radius 2 is 1.38 bits per heavy atom. The lowest BCUT2D eigenvalue weighted by molar-refractivity contribution is 1.09. The number of benzene rings is 5. The van der Waals surface area contributed by atoms with Gasteiger partial charge in [-0.1, -0.05) is 54.2 Å². The largest absolute Gasteiger partial charge is 0.308 e. The fourth-order valence-corrected chi connectivity index (χ4v) is 6.01. The van der Waals surface area contributed by atoms with Gasteiger partial charge in [0, 0.05) is 26.7 Å². The van der Waals surface area contributed by atoms with E-state index in [1.165, 1.54) is 15.5 Å². The van der Waals surface area contributed by atoms with Crippen LogP contribution in [0.2, 0.25) is 0 Å². The summed E-state index contributed by atoms with van der Waals surface area (Å²) in [6.07, 6.45) is 0. The summed E-state index contributed by atoms with van der Waals surface area (Å²) in [5.41, 5.74) is 8.09. The summed E-state index contributed by atoms with van der Waals surface area (Å²) in [5.74, 6) is 0.874. The third-order valence-corrected chi connectivity index (χ3v) is 7.73. The quantitative estimate of drug-likeness (QED) is 0.248. The number of rotatable bonds is 3. The van der Waals surface area contributed by atoms with Crippen LogP contribution in [-0.4, -0.2) is 9.55 Å². The SMILES string of the molecule is N#Cc1ccc(-n2c(-c3ccc4c(c3)Sc3ccccc3N4c3ccccc3)nc3ccccc32)cc1. The van der Waals surface area contributed by atoms with Crippen LogP contribution in [0.15, 0.2) is 131 Å². The van der Waals surface area contributed by atoms with Crippen LogP contribution in [-0.2, 0) is 0 Å². The zero-order valence-electron chi connectivity index (χ0n) is 19.7. The van der Waals surface area contributed by atoms with Crippen molar-refractivity contribution in [3.05, 3.63) is 127 Å². The third-order valence-electron chi connectivity index (χ3n) is 6.61. The van der Waals surface area contributed by atoms with Crippen molar-refractivity contribution < 1.29 is 0 Å². The van der Waals surface area contributed by atoms with Crippen LogP contribution in [0.25, 0.3) is 28.1 Å². The Hall–Kier alpha value is -4.79. The van der Waals surface area contributed by atoms with E-state index in [9.17, 15) is 5.26 Å². The van der Waals surface area contributed by atoms with Gasteiger partial charge >= 0.3 is 0 Å². The minimum Gasteiger partial charge on any atom is -0.308 e. The molecule has 4 nitrogen and oxygen atoms in total. The van der Waals surface area contributed by atoms with E-state index in [-0.39, 0.29) is 0 Å². The third kappa shape index (κ3) is 3.58. The minimum absolute atomic E-state index is 0.638. The van der Waals surface area contributed by atoms with Gasteiger partial charge in [0.1, 0.15) is 5.82 Å². The summed E-state index contributed by atoms with van der Waals surface area (Å²) in [6.45, 7) is 0. The lowest BCUT2D eigenvalue weighted by atomic mass is 10.1. The van der Waals surface area contributed by atoms with Gasteiger partial charge < -0.3 is 4.90 Å². The van der Waals surface area contributed by atoms with Crippen LogP contribution in [0, 0.1) is 11.3 Å². The maximum absolute atomic E-state index is 9.27. The van der Waals surface area contributed by atoms with Crippen molar-refractivity contribution in [1.29, 1.82) is 5.26 Å². The second-order valence-corrected chi connectivity index (χ2v) is 9.93. The molecule has 0 bridgehead atoms. The Morgan fingerprint density at radius 1 is 0.649 bits per heavy atom. The summed E-state index contributed by atoms with van der Waals surface area (Å²) in [5, 5.41) is 9.27. The van der Waals surface area contributed by atoms with Gasteiger partial charge in [0.15, 0.2) is 0 Å². The first kappa shape index (κ1) is 21.5. The molecule has 0 spiro atoms. The van der Waals surface area contributed by atoms with E-state index >= 15 is 0 Å². The van der Waals surface area contributed by atoms with E-state index in [1.54, 1.807) is 11.8 Å². The number of fused-ring (bicyclic) bond motifs is 3. The zero-order valence-corrected chi connectivity index (χ0v) is 20.6. The van der Waals surface area contributed by atoms with Crippen molar-refractivity contribution >= 4 is 39.9 Å². The minimum atomic E-state index is 0.638. The molecular formula is C32H20N4S. The molecule has 0 unspecified atom stereocenters. The number of hydrogen-bond acceptors (Lipinski definition) is 4. The molecule has 0 radical (unpaired) electrons. The zero-order chi connectivity index (χ0) is 24.8. The summed E-state index contributed by atoms with van der Waals surface area (Å²) in [7, 11) is 0. The van der Waals surface area contributed by atoms with E-state index in [0.717, 1.165) is 39.5 Å². The van der Waals surface area contributed by atoms with Crippen molar-refractivity contribution in [2.75, 3.05) is 4.90 Å². The average Bonchev–Trinajstić information content (AvgIpc) is 3.36. The Labute approximate surface area is 219 Å². The maximum Gasteiger partial charge on any atom is 0.145 e. The summed E-state index contributed by atoms with van der Waals surface area (Å²) in [4.78, 5) is 9.77. The smallest absolute Gasteiger partial charge is 0.145 e. The molecule has 1 aromatic heterocycles. The second-order valence-electron chi connectivity index (χ2n) is 8.84. The maximum atomic E-state index is 9.27. The number of hydrogen-bond donors (Lipinski definition) is 0. The van der Waals surface area contributed by atoms with E-state index in [0.29, 0.717) is 5.56 Å². The normalized spacial score (nSPS) is 12.1. The molecular weight excluding hydrogens is 472 g/mol. The topological polar surface area (TPSA) is 44.9 Å². The van der Waals surface area contributed by atoms with Gasteiger partial charge in [-0.25, -0.2) is 4.98 Å². The molecule has 1 aliphatic heterocycles. The molecule has 1 aliphatic rings. The van der Waals surface area contributed by atoms with Crippen molar-refractivity contribution in [3.8, 4) is 23.1 Å². The summed E-state index contributed by atoms with van der Waals surface area (Å²) in [6, 6.07) is 43.7. The number of nitrogens with zero attached hydrogens (tertiary/aromatic N) is 4. The molecule has 5 heteroatoms. The highest BCUT2D eigenvalue weighted by molar-refractivity contribution is 7.99. The van der Waals surface area contributed by atoms with E-state index in [2.05, 4.69) is 88.3 Å². The molecule has 174 valence electrons. The summed E-state index contributed by atoms with van der Waals surface area (Å²) < 4.78 is 2.18.